The molecule has 1 amide bonds. The van der Waals surface area contributed by atoms with Crippen molar-refractivity contribution in [1.29, 1.82) is 0 Å². The van der Waals surface area contributed by atoms with Crippen LogP contribution < -0.4 is 0 Å². The number of carbonyl (C=O) groups is 1. The number of ether oxygens (including phenoxy) is 2. The molecule has 0 N–H and O–H groups in total. The van der Waals surface area contributed by atoms with Crippen molar-refractivity contribution in [2.24, 2.45) is 0 Å². The van der Waals surface area contributed by atoms with Crippen molar-refractivity contribution < 1.29 is 14.3 Å². The Hall–Kier alpha value is -1.82. The summed E-state index contributed by atoms with van der Waals surface area (Å²) in [6, 6.07) is 10.8. The van der Waals surface area contributed by atoms with E-state index in [0.29, 0.717) is 30.9 Å². The van der Waals surface area contributed by atoms with Gasteiger partial charge in [0.25, 0.3) is 5.17 Å². The van der Waals surface area contributed by atoms with Gasteiger partial charge in [-0.25, -0.2) is 4.79 Å². The molecule has 3 rings (SSSR count). The summed E-state index contributed by atoms with van der Waals surface area (Å²) in [6.07, 6.45) is 1.50. The molecule has 136 valence electrons. The summed E-state index contributed by atoms with van der Waals surface area (Å²) < 4.78 is 11.2. The highest BCUT2D eigenvalue weighted by atomic mass is 32.1. The number of carbonyl (C=O) groups excluding carboxylic acids is 1. The van der Waals surface area contributed by atoms with Crippen LogP contribution in [-0.2, 0) is 9.47 Å². The molecule has 0 bridgehead atoms. The summed E-state index contributed by atoms with van der Waals surface area (Å²) in [5.74, 6) is 0. The van der Waals surface area contributed by atoms with Crippen molar-refractivity contribution in [2.75, 3.05) is 19.7 Å². The summed E-state index contributed by atoms with van der Waals surface area (Å²) in [7, 11) is 0. The first kappa shape index (κ1) is 18.0. The van der Waals surface area contributed by atoms with Crippen LogP contribution in [0.2, 0.25) is 0 Å². The Kier molecular flexibility index (Phi) is 5.18. The molecule has 5 nitrogen and oxygen atoms in total. The lowest BCUT2D eigenvalue weighted by Crippen LogP contribution is -2.48. The zero-order valence-corrected chi connectivity index (χ0v) is 15.9. The van der Waals surface area contributed by atoms with Crippen molar-refractivity contribution >= 4 is 23.5 Å². The molecule has 2 aliphatic heterocycles. The SMILES string of the molecule is CC(C)(C)OC(=O)N1CCC(N2C(=S)OCC2c2ccccc2)CC1. The van der Waals surface area contributed by atoms with Gasteiger partial charge in [-0.15, -0.1) is 0 Å². The minimum Gasteiger partial charge on any atom is -0.468 e. The van der Waals surface area contributed by atoms with Crippen LogP contribution >= 0.6 is 12.2 Å². The minimum absolute atomic E-state index is 0.159. The number of amides is 1. The Morgan fingerprint density at radius 3 is 2.44 bits per heavy atom. The summed E-state index contributed by atoms with van der Waals surface area (Å²) in [5, 5.41) is 0.574. The maximum atomic E-state index is 12.2. The maximum absolute atomic E-state index is 12.2. The topological polar surface area (TPSA) is 42.0 Å². The zero-order chi connectivity index (χ0) is 18.0. The number of benzene rings is 1. The van der Waals surface area contributed by atoms with Gasteiger partial charge < -0.3 is 19.3 Å². The fraction of sp³-hybridized carbons (Fsp3) is 0.579. The Morgan fingerprint density at radius 2 is 1.84 bits per heavy atom. The van der Waals surface area contributed by atoms with Crippen LogP contribution in [0.25, 0.3) is 0 Å². The lowest BCUT2D eigenvalue weighted by Gasteiger charge is -2.39. The fourth-order valence-electron chi connectivity index (χ4n) is 3.42. The minimum atomic E-state index is -0.462. The van der Waals surface area contributed by atoms with E-state index in [9.17, 15) is 4.79 Å². The number of likely N-dealkylation sites (tertiary alicyclic amines) is 1. The van der Waals surface area contributed by atoms with Gasteiger partial charge in [-0.1, -0.05) is 30.3 Å². The second-order valence-electron chi connectivity index (χ2n) is 7.61. The van der Waals surface area contributed by atoms with Gasteiger partial charge in [-0.2, -0.15) is 0 Å². The molecule has 0 saturated carbocycles. The number of nitrogens with zero attached hydrogens (tertiary/aromatic N) is 2. The first-order chi connectivity index (χ1) is 11.8. The zero-order valence-electron chi connectivity index (χ0n) is 15.1. The molecule has 6 heteroatoms. The summed E-state index contributed by atoms with van der Waals surface area (Å²) in [4.78, 5) is 16.2. The van der Waals surface area contributed by atoms with Gasteiger partial charge >= 0.3 is 6.09 Å². The summed E-state index contributed by atoms with van der Waals surface area (Å²) in [6.45, 7) is 7.63. The van der Waals surface area contributed by atoms with Crippen molar-refractivity contribution in [3.05, 3.63) is 35.9 Å². The first-order valence-electron chi connectivity index (χ1n) is 8.83. The quantitative estimate of drug-likeness (QED) is 0.750. The van der Waals surface area contributed by atoms with Gasteiger partial charge in [0.1, 0.15) is 12.2 Å². The van der Waals surface area contributed by atoms with Crippen LogP contribution in [0.1, 0.15) is 45.2 Å². The number of hydrogen-bond acceptors (Lipinski definition) is 4. The van der Waals surface area contributed by atoms with Crippen LogP contribution in [0, 0.1) is 0 Å². The third kappa shape index (κ3) is 4.24. The third-order valence-electron chi connectivity index (χ3n) is 4.61. The average Bonchev–Trinajstić information content (AvgIpc) is 2.96. The number of rotatable bonds is 2. The second kappa shape index (κ2) is 7.20. The third-order valence-corrected chi connectivity index (χ3v) is 4.93. The van der Waals surface area contributed by atoms with Crippen molar-refractivity contribution in [3.63, 3.8) is 0 Å². The number of piperidine rings is 1. The second-order valence-corrected chi connectivity index (χ2v) is 7.96. The van der Waals surface area contributed by atoms with Crippen molar-refractivity contribution in [2.45, 2.75) is 51.3 Å². The monoisotopic (exact) mass is 362 g/mol. The molecule has 2 aliphatic rings. The smallest absolute Gasteiger partial charge is 0.410 e. The predicted octanol–water partition coefficient (Wildman–Crippen LogP) is 3.74. The van der Waals surface area contributed by atoms with Crippen LogP contribution in [0.4, 0.5) is 4.79 Å². The van der Waals surface area contributed by atoms with E-state index in [1.165, 1.54) is 5.56 Å². The highest BCUT2D eigenvalue weighted by molar-refractivity contribution is 7.80. The molecule has 1 atom stereocenters. The van der Waals surface area contributed by atoms with Gasteiger partial charge in [0.15, 0.2) is 0 Å². The van der Waals surface area contributed by atoms with E-state index in [4.69, 9.17) is 21.7 Å². The Balaban J connectivity index is 1.63. The molecule has 0 spiro atoms. The van der Waals surface area contributed by atoms with E-state index in [1.54, 1.807) is 4.90 Å². The molecule has 0 aromatic heterocycles. The van der Waals surface area contributed by atoms with Gasteiger partial charge in [0.2, 0.25) is 0 Å². The lowest BCUT2D eigenvalue weighted by atomic mass is 9.99. The van der Waals surface area contributed by atoms with Gasteiger partial charge in [0, 0.05) is 19.1 Å². The molecule has 2 saturated heterocycles. The first-order valence-corrected chi connectivity index (χ1v) is 9.24. The van der Waals surface area contributed by atoms with Crippen LogP contribution in [0.15, 0.2) is 30.3 Å². The highest BCUT2D eigenvalue weighted by Gasteiger charge is 2.38. The van der Waals surface area contributed by atoms with E-state index in [2.05, 4.69) is 17.0 Å². The van der Waals surface area contributed by atoms with E-state index in [0.717, 1.165) is 12.8 Å². The molecule has 1 unspecified atom stereocenters. The van der Waals surface area contributed by atoms with Crippen LogP contribution in [0.5, 0.6) is 0 Å². The molecule has 25 heavy (non-hydrogen) atoms. The van der Waals surface area contributed by atoms with E-state index < -0.39 is 5.60 Å². The normalized spacial score (nSPS) is 22.0. The van der Waals surface area contributed by atoms with Crippen molar-refractivity contribution in [1.82, 2.24) is 9.80 Å². The lowest BCUT2D eigenvalue weighted by molar-refractivity contribution is 0.0167. The largest absolute Gasteiger partial charge is 0.468 e. The molecule has 1 aromatic carbocycles. The van der Waals surface area contributed by atoms with E-state index >= 15 is 0 Å². The highest BCUT2D eigenvalue weighted by Crippen LogP contribution is 2.33. The standard InChI is InChI=1S/C19H26N2O3S/c1-19(2,3)24-17(22)20-11-9-15(10-12-20)21-16(13-23-18(21)25)14-7-5-4-6-8-14/h4-8,15-16H,9-13H2,1-3H3. The molecule has 0 radical (unpaired) electrons. The van der Waals surface area contributed by atoms with Crippen molar-refractivity contribution in [3.8, 4) is 0 Å². The molecule has 1 aromatic rings. The van der Waals surface area contributed by atoms with E-state index in [-0.39, 0.29) is 12.1 Å². The Morgan fingerprint density at radius 1 is 1.20 bits per heavy atom. The average molecular weight is 362 g/mol. The van der Waals surface area contributed by atoms with Gasteiger partial charge in [0.05, 0.1) is 6.04 Å². The summed E-state index contributed by atoms with van der Waals surface area (Å²) in [5.41, 5.74) is 0.758. The Labute approximate surface area is 154 Å². The fourth-order valence-corrected chi connectivity index (χ4v) is 3.77. The van der Waals surface area contributed by atoms with Crippen LogP contribution in [0.3, 0.4) is 0 Å². The molecular weight excluding hydrogens is 336 g/mol. The Bertz CT molecular complexity index is 621. The predicted molar refractivity (Wildman–Crippen MR) is 100 cm³/mol. The number of thiocarbonyl (C=S) groups is 1. The maximum Gasteiger partial charge on any atom is 0.410 e. The van der Waals surface area contributed by atoms with Crippen LogP contribution in [-0.4, -0.2) is 52.4 Å². The van der Waals surface area contributed by atoms with E-state index in [1.807, 2.05) is 39.0 Å². The molecule has 2 fully saturated rings. The van der Waals surface area contributed by atoms with Gasteiger partial charge in [-0.3, -0.25) is 0 Å². The molecule has 0 aliphatic carbocycles. The molecular formula is C19H26N2O3S. The van der Waals surface area contributed by atoms with Gasteiger partial charge in [-0.05, 0) is 51.4 Å². The molecule has 2 heterocycles. The summed E-state index contributed by atoms with van der Waals surface area (Å²) >= 11 is 5.45. The number of hydrogen-bond donors (Lipinski definition) is 0.